The van der Waals surface area contributed by atoms with Gasteiger partial charge in [0.15, 0.2) is 0 Å². The van der Waals surface area contributed by atoms with Crippen molar-refractivity contribution in [3.63, 3.8) is 0 Å². The molecule has 0 bridgehead atoms. The van der Waals surface area contributed by atoms with Crippen molar-refractivity contribution < 1.29 is 18.4 Å². The van der Waals surface area contributed by atoms with Gasteiger partial charge in [0.2, 0.25) is 11.8 Å². The number of carbonyl (C=O) groups excluding carboxylic acids is 2. The van der Waals surface area contributed by atoms with Gasteiger partial charge in [-0.05, 0) is 63.4 Å². The van der Waals surface area contributed by atoms with Crippen molar-refractivity contribution >= 4 is 29.3 Å². The van der Waals surface area contributed by atoms with E-state index >= 15 is 0 Å². The number of hydrogen-bond donors (Lipinski definition) is 2. The molecular formula is C25H35F2N5O2S. The van der Waals surface area contributed by atoms with Crippen molar-refractivity contribution in [3.05, 3.63) is 29.8 Å². The van der Waals surface area contributed by atoms with Crippen LogP contribution in [0.2, 0.25) is 0 Å². The Morgan fingerprint density at radius 1 is 1.31 bits per heavy atom. The third kappa shape index (κ3) is 8.07. The van der Waals surface area contributed by atoms with Gasteiger partial charge in [-0.15, -0.1) is 11.8 Å². The molecule has 2 amide bonds. The number of nitriles is 1. The molecule has 2 N–H and O–H groups in total. The van der Waals surface area contributed by atoms with Gasteiger partial charge in [0.1, 0.15) is 5.92 Å². The van der Waals surface area contributed by atoms with Crippen LogP contribution in [0.5, 0.6) is 0 Å². The molecule has 0 saturated carbocycles. The van der Waals surface area contributed by atoms with Crippen LogP contribution in [0.25, 0.3) is 0 Å². The van der Waals surface area contributed by atoms with Crippen LogP contribution in [0.4, 0.5) is 14.5 Å². The first-order valence-electron chi connectivity index (χ1n) is 12.4. The Kier molecular flexibility index (Phi) is 10.6. The van der Waals surface area contributed by atoms with Crippen molar-refractivity contribution in [1.29, 1.82) is 5.26 Å². The average molecular weight is 508 g/mol. The summed E-state index contributed by atoms with van der Waals surface area (Å²) in [6.45, 7) is 5.63. The van der Waals surface area contributed by atoms with Crippen molar-refractivity contribution in [2.24, 2.45) is 5.92 Å². The standard InChI is InChI=1S/C25H35F2N5O2S/c1-2-32-23(15-19(16-28)24(33)30-17-22(26)27)35-21(25(32)34)8-10-29-20-7-5-6-18(14-20)9-13-31-11-3-4-12-31/h5-7,14,19,21-23,29H,2-4,8-13,15,17H2,1H3,(H,30,33). The summed E-state index contributed by atoms with van der Waals surface area (Å²) in [5.41, 5.74) is 2.32. The van der Waals surface area contributed by atoms with E-state index in [2.05, 4.69) is 27.7 Å². The van der Waals surface area contributed by atoms with Gasteiger partial charge < -0.3 is 20.4 Å². The lowest BCUT2D eigenvalue weighted by Crippen LogP contribution is -2.39. The minimum absolute atomic E-state index is 0.00616. The maximum absolute atomic E-state index is 12.9. The minimum atomic E-state index is -2.67. The molecule has 0 spiro atoms. The Labute approximate surface area is 210 Å². The number of rotatable bonds is 13. The fourth-order valence-corrected chi connectivity index (χ4v) is 6.17. The van der Waals surface area contributed by atoms with Gasteiger partial charge in [-0.3, -0.25) is 9.59 Å². The summed E-state index contributed by atoms with van der Waals surface area (Å²) in [4.78, 5) is 29.2. The molecule has 2 aliphatic rings. The van der Waals surface area contributed by atoms with Gasteiger partial charge in [-0.25, -0.2) is 8.78 Å². The molecule has 1 aromatic carbocycles. The Bertz CT molecular complexity index is 891. The fourth-order valence-electron chi connectivity index (χ4n) is 4.58. The maximum Gasteiger partial charge on any atom is 0.255 e. The summed E-state index contributed by atoms with van der Waals surface area (Å²) in [6, 6.07) is 10.3. The lowest BCUT2D eigenvalue weighted by Gasteiger charge is -2.23. The number of benzene rings is 1. The summed E-state index contributed by atoms with van der Waals surface area (Å²) in [5, 5.41) is 14.3. The first-order chi connectivity index (χ1) is 16.9. The Balaban J connectivity index is 1.48. The molecule has 10 heteroatoms. The van der Waals surface area contributed by atoms with Crippen molar-refractivity contribution in [2.45, 2.75) is 56.1 Å². The van der Waals surface area contributed by atoms with Gasteiger partial charge in [-0.2, -0.15) is 5.26 Å². The average Bonchev–Trinajstić information content (AvgIpc) is 3.47. The van der Waals surface area contributed by atoms with Crippen LogP contribution in [0.3, 0.4) is 0 Å². The molecule has 192 valence electrons. The Morgan fingerprint density at radius 2 is 2.09 bits per heavy atom. The summed E-state index contributed by atoms with van der Waals surface area (Å²) < 4.78 is 24.8. The molecule has 2 aliphatic heterocycles. The van der Waals surface area contributed by atoms with E-state index in [4.69, 9.17) is 0 Å². The normalized spacial score (nSPS) is 21.3. The SMILES string of the molecule is CCN1C(=O)C(CCNc2cccc(CCN3CCCC3)c2)SC1CC(C#N)C(=O)NCC(F)F. The molecule has 0 radical (unpaired) electrons. The zero-order valence-corrected chi connectivity index (χ0v) is 21.0. The number of carbonyl (C=O) groups is 2. The van der Waals surface area contributed by atoms with E-state index in [1.165, 1.54) is 43.3 Å². The van der Waals surface area contributed by atoms with Crippen molar-refractivity contribution in [1.82, 2.24) is 15.1 Å². The van der Waals surface area contributed by atoms with E-state index in [1.54, 1.807) is 4.90 Å². The van der Waals surface area contributed by atoms with Crippen LogP contribution in [-0.4, -0.2) is 77.9 Å². The van der Waals surface area contributed by atoms with Gasteiger partial charge in [0, 0.05) is 31.7 Å². The van der Waals surface area contributed by atoms with Gasteiger partial charge in [-0.1, -0.05) is 12.1 Å². The highest BCUT2D eigenvalue weighted by atomic mass is 32.2. The first kappa shape index (κ1) is 27.2. The highest BCUT2D eigenvalue weighted by Gasteiger charge is 2.40. The van der Waals surface area contributed by atoms with E-state index in [-0.39, 0.29) is 23.0 Å². The topological polar surface area (TPSA) is 88.5 Å². The number of halogens is 2. The second-order valence-electron chi connectivity index (χ2n) is 8.97. The molecule has 35 heavy (non-hydrogen) atoms. The van der Waals surface area contributed by atoms with E-state index in [0.717, 1.165) is 18.7 Å². The summed E-state index contributed by atoms with van der Waals surface area (Å²) in [5.74, 6) is -1.80. The summed E-state index contributed by atoms with van der Waals surface area (Å²) >= 11 is 1.45. The maximum atomic E-state index is 12.9. The number of nitrogens with one attached hydrogen (secondary N) is 2. The monoisotopic (exact) mass is 507 g/mol. The van der Waals surface area contributed by atoms with Crippen LogP contribution in [0.1, 0.15) is 38.2 Å². The minimum Gasteiger partial charge on any atom is -0.385 e. The molecule has 2 heterocycles. The summed E-state index contributed by atoms with van der Waals surface area (Å²) in [7, 11) is 0. The predicted molar refractivity (Wildman–Crippen MR) is 134 cm³/mol. The number of hydrogen-bond acceptors (Lipinski definition) is 6. The van der Waals surface area contributed by atoms with E-state index in [9.17, 15) is 23.6 Å². The molecule has 3 unspecified atom stereocenters. The highest BCUT2D eigenvalue weighted by molar-refractivity contribution is 8.01. The number of amides is 2. The lowest BCUT2D eigenvalue weighted by atomic mass is 10.1. The smallest absolute Gasteiger partial charge is 0.255 e. The molecule has 2 saturated heterocycles. The Hall–Kier alpha value is -2.38. The van der Waals surface area contributed by atoms with E-state index in [0.29, 0.717) is 19.5 Å². The number of nitrogens with zero attached hydrogens (tertiary/aromatic N) is 3. The lowest BCUT2D eigenvalue weighted by molar-refractivity contribution is -0.131. The molecular weight excluding hydrogens is 472 g/mol. The first-order valence-corrected chi connectivity index (χ1v) is 13.3. The predicted octanol–water partition coefficient (Wildman–Crippen LogP) is 3.33. The molecule has 7 nitrogen and oxygen atoms in total. The molecule has 3 rings (SSSR count). The number of likely N-dealkylation sites (tertiary alicyclic amines) is 1. The molecule has 0 aliphatic carbocycles. The highest BCUT2D eigenvalue weighted by Crippen LogP contribution is 2.37. The number of thioether (sulfide) groups is 1. The zero-order valence-electron chi connectivity index (χ0n) is 20.2. The van der Waals surface area contributed by atoms with E-state index in [1.807, 2.05) is 25.1 Å². The molecule has 2 fully saturated rings. The zero-order chi connectivity index (χ0) is 25.2. The fraction of sp³-hybridized carbons (Fsp3) is 0.640. The van der Waals surface area contributed by atoms with Crippen LogP contribution >= 0.6 is 11.8 Å². The van der Waals surface area contributed by atoms with Crippen LogP contribution < -0.4 is 10.6 Å². The third-order valence-electron chi connectivity index (χ3n) is 6.49. The second-order valence-corrected chi connectivity index (χ2v) is 10.4. The van der Waals surface area contributed by atoms with E-state index < -0.39 is 24.8 Å². The van der Waals surface area contributed by atoms with Gasteiger partial charge in [0.05, 0.1) is 23.2 Å². The largest absolute Gasteiger partial charge is 0.385 e. The summed E-state index contributed by atoms with van der Waals surface area (Å²) in [6.07, 6.45) is 1.67. The third-order valence-corrected chi connectivity index (χ3v) is 8.01. The van der Waals surface area contributed by atoms with Crippen molar-refractivity contribution in [2.75, 3.05) is 44.6 Å². The molecule has 0 aromatic heterocycles. The molecule has 3 atom stereocenters. The van der Waals surface area contributed by atoms with Crippen LogP contribution in [-0.2, 0) is 16.0 Å². The Morgan fingerprint density at radius 3 is 2.77 bits per heavy atom. The second kappa shape index (κ2) is 13.6. The van der Waals surface area contributed by atoms with Crippen molar-refractivity contribution in [3.8, 4) is 6.07 Å². The quantitative estimate of drug-likeness (QED) is 0.426. The molecule has 1 aromatic rings. The van der Waals surface area contributed by atoms with Crippen LogP contribution in [0.15, 0.2) is 24.3 Å². The number of alkyl halides is 2. The van der Waals surface area contributed by atoms with Crippen LogP contribution in [0, 0.1) is 17.2 Å². The number of anilines is 1. The van der Waals surface area contributed by atoms with Gasteiger partial charge >= 0.3 is 0 Å². The van der Waals surface area contributed by atoms with Gasteiger partial charge in [0.25, 0.3) is 6.43 Å².